The van der Waals surface area contributed by atoms with Gasteiger partial charge < -0.3 is 0 Å². The Balaban J connectivity index is 2.88. The van der Waals surface area contributed by atoms with E-state index in [2.05, 4.69) is 17.6 Å². The van der Waals surface area contributed by atoms with E-state index < -0.39 is 0 Å². The van der Waals surface area contributed by atoms with Gasteiger partial charge in [-0.15, -0.1) is 5.73 Å². The monoisotopic (exact) mass is 114 g/mol. The van der Waals surface area contributed by atoms with Crippen molar-refractivity contribution >= 4 is 0 Å². The summed E-state index contributed by atoms with van der Waals surface area (Å²) < 4.78 is 0. The lowest BCUT2D eigenvalue weighted by molar-refractivity contribution is 1.97. The highest BCUT2D eigenvalue weighted by Crippen LogP contribution is 1.79. The molecule has 1 rings (SSSR count). The van der Waals surface area contributed by atoms with E-state index in [1.807, 2.05) is 24.3 Å². The van der Waals surface area contributed by atoms with Gasteiger partial charge in [-0.05, 0) is 36.5 Å². The molecule has 42 valence electrons. The van der Waals surface area contributed by atoms with Gasteiger partial charge in [0.15, 0.2) is 0 Å². The lowest BCUT2D eigenvalue weighted by Gasteiger charge is -1.60. The zero-order valence-corrected chi connectivity index (χ0v) is 4.96. The first-order valence-electron chi connectivity index (χ1n) is 2.74. The molecule has 0 aromatic carbocycles. The maximum Gasteiger partial charge on any atom is -0.0109 e. The molecule has 0 radical (unpaired) electrons. The Morgan fingerprint density at radius 1 is 0.778 bits per heavy atom. The molecule has 0 bridgehead atoms. The third-order valence-corrected chi connectivity index (χ3v) is 0.827. The average Bonchev–Trinajstić information content (AvgIpc) is 2.00. The number of hydrogen-bond donors (Lipinski definition) is 0. The van der Waals surface area contributed by atoms with E-state index >= 15 is 0 Å². The molecule has 0 aromatic heterocycles. The van der Waals surface area contributed by atoms with Crippen molar-refractivity contribution in [3.05, 3.63) is 42.2 Å². The van der Waals surface area contributed by atoms with Gasteiger partial charge >= 0.3 is 0 Å². The lowest BCUT2D eigenvalue weighted by Crippen LogP contribution is -1.47. The first kappa shape index (κ1) is 5.69. The van der Waals surface area contributed by atoms with Crippen LogP contribution in [0.5, 0.6) is 0 Å². The number of rotatable bonds is 0. The summed E-state index contributed by atoms with van der Waals surface area (Å²) in [5.41, 5.74) is 2.92. The van der Waals surface area contributed by atoms with Crippen molar-refractivity contribution < 1.29 is 0 Å². The van der Waals surface area contributed by atoms with E-state index in [0.717, 1.165) is 0 Å². The van der Waals surface area contributed by atoms with Gasteiger partial charge in [0.25, 0.3) is 0 Å². The van der Waals surface area contributed by atoms with Crippen molar-refractivity contribution in [1.82, 2.24) is 0 Å². The third kappa shape index (κ3) is 2.39. The van der Waals surface area contributed by atoms with Crippen molar-refractivity contribution in [3.63, 3.8) is 0 Å². The minimum absolute atomic E-state index is 1.79. The maximum atomic E-state index is 2.92. The van der Waals surface area contributed by atoms with Crippen LogP contribution >= 0.6 is 0 Å². The van der Waals surface area contributed by atoms with Crippen LogP contribution in [0.3, 0.4) is 0 Å². The molecule has 1 aliphatic rings. The van der Waals surface area contributed by atoms with Gasteiger partial charge in [0, 0.05) is 0 Å². The molecule has 0 heterocycles. The first-order chi connectivity index (χ1) is 4.50. The molecule has 0 fully saturated rings. The van der Waals surface area contributed by atoms with Crippen LogP contribution in [-0.4, -0.2) is 0 Å². The Morgan fingerprint density at radius 3 is 1.89 bits per heavy atom. The minimum Gasteiger partial charge on any atom is -0.121 e. The van der Waals surface area contributed by atoms with Crippen molar-refractivity contribution in [2.45, 2.75) is 0 Å². The molecule has 0 heteroatoms. The SMILES string of the molecule is C1=C/C=C\C#C/C=C\C=1. The Kier molecular flexibility index (Phi) is 2.24. The molecular formula is C9H6. The summed E-state index contributed by atoms with van der Waals surface area (Å²) in [6.45, 7) is 0. The number of hydrogen-bond acceptors (Lipinski definition) is 0. The van der Waals surface area contributed by atoms with E-state index in [1.54, 1.807) is 12.2 Å². The van der Waals surface area contributed by atoms with Crippen LogP contribution in [0.4, 0.5) is 0 Å². The molecule has 0 nitrogen and oxygen atoms in total. The van der Waals surface area contributed by atoms with Gasteiger partial charge in [0.05, 0.1) is 0 Å². The normalized spacial score (nSPS) is 20.4. The molecule has 0 amide bonds. The highest BCUT2D eigenvalue weighted by Gasteiger charge is 1.61. The fourth-order valence-electron chi connectivity index (χ4n) is 0.455. The van der Waals surface area contributed by atoms with E-state index in [9.17, 15) is 0 Å². The second-order valence-corrected chi connectivity index (χ2v) is 1.51. The van der Waals surface area contributed by atoms with Gasteiger partial charge in [-0.1, -0.05) is 11.8 Å². The van der Waals surface area contributed by atoms with Gasteiger partial charge in [0.2, 0.25) is 0 Å². The van der Waals surface area contributed by atoms with E-state index in [-0.39, 0.29) is 0 Å². The second kappa shape index (κ2) is 3.55. The molecule has 1 aliphatic carbocycles. The van der Waals surface area contributed by atoms with Crippen molar-refractivity contribution in [2.24, 2.45) is 0 Å². The largest absolute Gasteiger partial charge is 0.121 e. The Hall–Kier alpha value is -1.44. The predicted molar refractivity (Wildman–Crippen MR) is 38.7 cm³/mol. The van der Waals surface area contributed by atoms with Crippen molar-refractivity contribution in [2.75, 3.05) is 0 Å². The average molecular weight is 114 g/mol. The second-order valence-electron chi connectivity index (χ2n) is 1.51. The van der Waals surface area contributed by atoms with Crippen LogP contribution in [-0.2, 0) is 0 Å². The van der Waals surface area contributed by atoms with Crippen LogP contribution in [0.25, 0.3) is 0 Å². The Labute approximate surface area is 54.9 Å². The van der Waals surface area contributed by atoms with E-state index in [4.69, 9.17) is 0 Å². The van der Waals surface area contributed by atoms with Crippen molar-refractivity contribution in [1.29, 1.82) is 0 Å². The molecule has 0 saturated carbocycles. The lowest BCUT2D eigenvalue weighted by atomic mass is 10.5. The fraction of sp³-hybridized carbons (Fsp3) is 0. The maximum absolute atomic E-state index is 2.92. The topological polar surface area (TPSA) is 0 Å². The summed E-state index contributed by atoms with van der Waals surface area (Å²) in [7, 11) is 0. The highest BCUT2D eigenvalue weighted by atomic mass is 13.7. The van der Waals surface area contributed by atoms with Gasteiger partial charge in [-0.25, -0.2) is 0 Å². The van der Waals surface area contributed by atoms with Crippen LogP contribution in [0.1, 0.15) is 0 Å². The quantitative estimate of drug-likeness (QED) is 0.333. The molecule has 9 heavy (non-hydrogen) atoms. The van der Waals surface area contributed by atoms with E-state index in [0.29, 0.717) is 0 Å². The van der Waals surface area contributed by atoms with Crippen LogP contribution < -0.4 is 0 Å². The molecule has 0 spiro atoms. The van der Waals surface area contributed by atoms with Crippen LogP contribution in [0.15, 0.2) is 42.2 Å². The van der Waals surface area contributed by atoms with Crippen LogP contribution in [0, 0.1) is 11.8 Å². The summed E-state index contributed by atoms with van der Waals surface area (Å²) in [4.78, 5) is 0. The summed E-state index contributed by atoms with van der Waals surface area (Å²) in [5.74, 6) is 5.64. The predicted octanol–water partition coefficient (Wildman–Crippen LogP) is 1.83. The van der Waals surface area contributed by atoms with Crippen LogP contribution in [0.2, 0.25) is 0 Å². The summed E-state index contributed by atoms with van der Waals surface area (Å²) in [6, 6.07) is 0. The molecule has 0 aromatic rings. The zero-order chi connectivity index (χ0) is 6.36. The van der Waals surface area contributed by atoms with Gasteiger partial charge in [-0.2, -0.15) is 0 Å². The molecule has 0 saturated heterocycles. The zero-order valence-electron chi connectivity index (χ0n) is 4.96. The van der Waals surface area contributed by atoms with Gasteiger partial charge in [-0.3, -0.25) is 0 Å². The molecular weight excluding hydrogens is 108 g/mol. The highest BCUT2D eigenvalue weighted by molar-refractivity contribution is 5.28. The summed E-state index contributed by atoms with van der Waals surface area (Å²) in [5, 5.41) is 0. The Bertz CT molecular complexity index is 225. The van der Waals surface area contributed by atoms with E-state index in [1.165, 1.54) is 0 Å². The summed E-state index contributed by atoms with van der Waals surface area (Å²) in [6.07, 6.45) is 10.9. The number of allylic oxidation sites excluding steroid dienone is 5. The fourth-order valence-corrected chi connectivity index (χ4v) is 0.455. The van der Waals surface area contributed by atoms with Gasteiger partial charge in [0.1, 0.15) is 0 Å². The Morgan fingerprint density at radius 2 is 1.33 bits per heavy atom. The first-order valence-corrected chi connectivity index (χ1v) is 2.74. The minimum atomic E-state index is 1.79. The molecule has 0 unspecified atom stereocenters. The third-order valence-electron chi connectivity index (χ3n) is 0.827. The standard InChI is InChI=1S/C9H6/c1-2-4-6-8-9-7-5-3-1/h1-3,6,8-9H/b3-1-,9-8-. The molecule has 0 N–H and O–H groups in total. The molecule has 0 aliphatic heterocycles. The smallest absolute Gasteiger partial charge is 0.0109 e. The van der Waals surface area contributed by atoms with Crippen molar-refractivity contribution in [3.8, 4) is 11.8 Å². The molecule has 0 atom stereocenters. The summed E-state index contributed by atoms with van der Waals surface area (Å²) >= 11 is 0.